The van der Waals surface area contributed by atoms with Gasteiger partial charge in [0.05, 0.1) is 5.69 Å². The average Bonchev–Trinajstić information content (AvgIpc) is 3.15. The number of anilines is 2. The van der Waals surface area contributed by atoms with Crippen molar-refractivity contribution in [3.05, 3.63) is 53.6 Å². The third-order valence-electron chi connectivity index (χ3n) is 4.75. The van der Waals surface area contributed by atoms with E-state index in [-0.39, 0.29) is 18.4 Å². The van der Waals surface area contributed by atoms with Crippen molar-refractivity contribution in [3.8, 4) is 5.75 Å². The summed E-state index contributed by atoms with van der Waals surface area (Å²) in [5.74, 6) is 0.867. The third-order valence-corrected chi connectivity index (χ3v) is 4.75. The smallest absolute Gasteiger partial charge is 0.262 e. The summed E-state index contributed by atoms with van der Waals surface area (Å²) in [4.78, 5) is 23.9. The van der Waals surface area contributed by atoms with E-state index in [0.29, 0.717) is 28.6 Å². The molecule has 6 nitrogen and oxygen atoms in total. The number of hydrogen-bond donors (Lipinski definition) is 3. The number of fused-ring (bicyclic) bond motifs is 1. The fourth-order valence-electron chi connectivity index (χ4n) is 3.42. The van der Waals surface area contributed by atoms with Crippen molar-refractivity contribution < 1.29 is 14.3 Å². The maximum Gasteiger partial charge on any atom is 0.262 e. The molecule has 2 aromatic carbocycles. The highest BCUT2D eigenvalue weighted by atomic mass is 16.5. The predicted octanol–water partition coefficient (Wildman–Crippen LogP) is 2.42. The van der Waals surface area contributed by atoms with Gasteiger partial charge in [0.2, 0.25) is 0 Å². The second-order valence-corrected chi connectivity index (χ2v) is 6.77. The molecule has 1 atom stereocenters. The van der Waals surface area contributed by atoms with E-state index in [0.717, 1.165) is 19.5 Å². The summed E-state index contributed by atoms with van der Waals surface area (Å²) in [6.07, 6.45) is 2.17. The van der Waals surface area contributed by atoms with E-state index < -0.39 is 0 Å². The Balaban J connectivity index is 1.45. The first-order valence-electron chi connectivity index (χ1n) is 8.85. The lowest BCUT2D eigenvalue weighted by atomic mass is 9.97. The highest BCUT2D eigenvalue weighted by molar-refractivity contribution is 6.05. The monoisotopic (exact) mass is 351 g/mol. The minimum atomic E-state index is -0.177. The van der Waals surface area contributed by atoms with Gasteiger partial charge in [-0.25, -0.2) is 0 Å². The fourth-order valence-corrected chi connectivity index (χ4v) is 3.42. The Labute approximate surface area is 151 Å². The standard InChI is InChI=1S/C20H21N3O3/c24-19-12-26-18-10-16(4-5-17(18)23-19)22-20(25)15-3-1-2-13(9-15)8-14-6-7-21-11-14/h1-5,9-10,14,21H,6-8,11-12H2,(H,22,25)(H,23,24). The summed E-state index contributed by atoms with van der Waals surface area (Å²) in [6.45, 7) is 2.11. The topological polar surface area (TPSA) is 79.5 Å². The Hall–Kier alpha value is -2.86. The number of carbonyl (C=O) groups is 2. The van der Waals surface area contributed by atoms with Crippen LogP contribution in [0.5, 0.6) is 5.75 Å². The third kappa shape index (κ3) is 3.70. The quantitative estimate of drug-likeness (QED) is 0.790. The van der Waals surface area contributed by atoms with Crippen molar-refractivity contribution in [3.63, 3.8) is 0 Å². The number of rotatable bonds is 4. The molecule has 2 aromatic rings. The van der Waals surface area contributed by atoms with Crippen molar-refractivity contribution >= 4 is 23.2 Å². The zero-order chi connectivity index (χ0) is 17.9. The molecule has 0 bridgehead atoms. The summed E-state index contributed by atoms with van der Waals surface area (Å²) in [5.41, 5.74) is 3.07. The number of ether oxygens (including phenoxy) is 1. The number of amides is 2. The van der Waals surface area contributed by atoms with E-state index in [1.165, 1.54) is 12.0 Å². The van der Waals surface area contributed by atoms with Gasteiger partial charge >= 0.3 is 0 Å². The van der Waals surface area contributed by atoms with Crippen LogP contribution in [-0.4, -0.2) is 31.5 Å². The van der Waals surface area contributed by atoms with Crippen molar-refractivity contribution in [2.75, 3.05) is 30.3 Å². The Morgan fingerprint density at radius 2 is 2.15 bits per heavy atom. The molecule has 26 heavy (non-hydrogen) atoms. The maximum absolute atomic E-state index is 12.6. The minimum Gasteiger partial charge on any atom is -0.482 e. The Kier molecular flexibility index (Phi) is 4.58. The zero-order valence-corrected chi connectivity index (χ0v) is 14.4. The molecule has 0 aromatic heterocycles. The van der Waals surface area contributed by atoms with Crippen LogP contribution in [-0.2, 0) is 11.2 Å². The first kappa shape index (κ1) is 16.6. The molecule has 2 amide bonds. The van der Waals surface area contributed by atoms with Gasteiger partial charge in [0.15, 0.2) is 6.61 Å². The molecule has 134 valence electrons. The van der Waals surface area contributed by atoms with Gasteiger partial charge in [-0.15, -0.1) is 0 Å². The first-order chi connectivity index (χ1) is 12.7. The molecule has 6 heteroatoms. The average molecular weight is 351 g/mol. The van der Waals surface area contributed by atoms with Gasteiger partial charge in [0.25, 0.3) is 11.8 Å². The van der Waals surface area contributed by atoms with Crippen LogP contribution in [0.2, 0.25) is 0 Å². The van der Waals surface area contributed by atoms with E-state index in [4.69, 9.17) is 4.74 Å². The van der Waals surface area contributed by atoms with Crippen molar-refractivity contribution in [1.29, 1.82) is 0 Å². The molecular formula is C20H21N3O3. The maximum atomic E-state index is 12.6. The van der Waals surface area contributed by atoms with Crippen LogP contribution in [0, 0.1) is 5.92 Å². The Morgan fingerprint density at radius 3 is 3.00 bits per heavy atom. The van der Waals surface area contributed by atoms with Crippen LogP contribution in [0.3, 0.4) is 0 Å². The molecule has 1 saturated heterocycles. The number of carbonyl (C=O) groups excluding carboxylic acids is 2. The van der Waals surface area contributed by atoms with Gasteiger partial charge in [0.1, 0.15) is 5.75 Å². The molecule has 0 aliphatic carbocycles. The SMILES string of the molecule is O=C1COc2cc(NC(=O)c3cccc(CC4CCNC4)c3)ccc2N1. The van der Waals surface area contributed by atoms with Crippen LogP contribution in [0.4, 0.5) is 11.4 Å². The van der Waals surface area contributed by atoms with Crippen molar-refractivity contribution in [2.45, 2.75) is 12.8 Å². The summed E-state index contributed by atoms with van der Waals surface area (Å²) >= 11 is 0. The first-order valence-corrected chi connectivity index (χ1v) is 8.85. The molecule has 2 aliphatic rings. The molecule has 1 fully saturated rings. The normalized spacial score (nSPS) is 18.6. The van der Waals surface area contributed by atoms with Crippen molar-refractivity contribution in [2.24, 2.45) is 5.92 Å². The lowest BCUT2D eigenvalue weighted by molar-refractivity contribution is -0.118. The summed E-state index contributed by atoms with van der Waals surface area (Å²) in [7, 11) is 0. The van der Waals surface area contributed by atoms with Gasteiger partial charge in [-0.2, -0.15) is 0 Å². The van der Waals surface area contributed by atoms with Crippen LogP contribution in [0.25, 0.3) is 0 Å². The van der Waals surface area contributed by atoms with E-state index >= 15 is 0 Å². The largest absolute Gasteiger partial charge is 0.482 e. The molecule has 2 aliphatic heterocycles. The molecule has 0 spiro atoms. The zero-order valence-electron chi connectivity index (χ0n) is 14.4. The lowest BCUT2D eigenvalue weighted by Crippen LogP contribution is -2.25. The van der Waals surface area contributed by atoms with Crippen LogP contribution < -0.4 is 20.7 Å². The van der Waals surface area contributed by atoms with Crippen LogP contribution in [0.15, 0.2) is 42.5 Å². The van der Waals surface area contributed by atoms with E-state index in [1.807, 2.05) is 18.2 Å². The molecule has 4 rings (SSSR count). The molecular weight excluding hydrogens is 330 g/mol. The van der Waals surface area contributed by atoms with Gasteiger partial charge in [-0.05, 0) is 61.7 Å². The minimum absolute atomic E-state index is 0.0114. The number of nitrogens with one attached hydrogen (secondary N) is 3. The van der Waals surface area contributed by atoms with E-state index in [1.54, 1.807) is 18.2 Å². The van der Waals surface area contributed by atoms with Gasteiger partial charge in [-0.1, -0.05) is 12.1 Å². The Bertz CT molecular complexity index is 844. The Morgan fingerprint density at radius 1 is 1.23 bits per heavy atom. The summed E-state index contributed by atoms with van der Waals surface area (Å²) in [5, 5.41) is 9.00. The van der Waals surface area contributed by atoms with Crippen LogP contribution in [0.1, 0.15) is 22.3 Å². The lowest BCUT2D eigenvalue weighted by Gasteiger charge is -2.18. The van der Waals surface area contributed by atoms with Gasteiger partial charge < -0.3 is 20.7 Å². The highest BCUT2D eigenvalue weighted by Crippen LogP contribution is 2.30. The molecule has 2 heterocycles. The highest BCUT2D eigenvalue weighted by Gasteiger charge is 2.18. The second-order valence-electron chi connectivity index (χ2n) is 6.77. The predicted molar refractivity (Wildman–Crippen MR) is 99.6 cm³/mol. The molecule has 1 unspecified atom stereocenters. The summed E-state index contributed by atoms with van der Waals surface area (Å²) in [6, 6.07) is 13.0. The second kappa shape index (κ2) is 7.17. The molecule has 0 saturated carbocycles. The summed E-state index contributed by atoms with van der Waals surface area (Å²) < 4.78 is 5.39. The molecule has 0 radical (unpaired) electrons. The molecule has 3 N–H and O–H groups in total. The van der Waals surface area contributed by atoms with Crippen LogP contribution >= 0.6 is 0 Å². The fraction of sp³-hybridized carbons (Fsp3) is 0.300. The van der Waals surface area contributed by atoms with Gasteiger partial charge in [-0.3, -0.25) is 9.59 Å². The number of hydrogen-bond acceptors (Lipinski definition) is 4. The van der Waals surface area contributed by atoms with Crippen molar-refractivity contribution in [1.82, 2.24) is 5.32 Å². The van der Waals surface area contributed by atoms with E-state index in [9.17, 15) is 9.59 Å². The van der Waals surface area contributed by atoms with E-state index in [2.05, 4.69) is 22.0 Å². The number of benzene rings is 2. The van der Waals surface area contributed by atoms with Gasteiger partial charge in [0, 0.05) is 17.3 Å².